The molecule has 2 aliphatic heterocycles. The van der Waals surface area contributed by atoms with Crippen molar-refractivity contribution < 1.29 is 14.4 Å². The van der Waals surface area contributed by atoms with E-state index in [2.05, 4.69) is 15.3 Å². The standard InChI is InChI=1S/C20H23N5O3S/c21-16(26)11-29-20-24-14-9-5-4-8-13(14)18-23-15(19(28)25(18)20)10-17(27)22-12-6-2-1-3-7-12/h4-5,8-9,12,15H,1-3,6-7,10-11H2,(H2,21,26)(H,22,27)/t15-/m0/s1. The summed E-state index contributed by atoms with van der Waals surface area (Å²) in [6, 6.07) is 6.77. The topological polar surface area (TPSA) is 117 Å². The highest BCUT2D eigenvalue weighted by molar-refractivity contribution is 8.14. The summed E-state index contributed by atoms with van der Waals surface area (Å²) in [5.41, 5.74) is 6.67. The van der Waals surface area contributed by atoms with Crippen molar-refractivity contribution in [2.75, 3.05) is 5.75 Å². The van der Waals surface area contributed by atoms with Crippen molar-refractivity contribution in [3.8, 4) is 0 Å². The Balaban J connectivity index is 1.54. The number of hydrogen-bond acceptors (Lipinski definition) is 6. The molecule has 29 heavy (non-hydrogen) atoms. The van der Waals surface area contributed by atoms with Gasteiger partial charge >= 0.3 is 0 Å². The number of carbonyl (C=O) groups is 3. The molecule has 8 nitrogen and oxygen atoms in total. The molecule has 1 atom stereocenters. The fourth-order valence-electron chi connectivity index (χ4n) is 3.88. The number of amides is 3. The summed E-state index contributed by atoms with van der Waals surface area (Å²) in [5, 5.41) is 3.40. The monoisotopic (exact) mass is 413 g/mol. The number of primary amides is 1. The maximum Gasteiger partial charge on any atom is 0.259 e. The van der Waals surface area contributed by atoms with E-state index in [1.54, 1.807) is 0 Å². The Morgan fingerprint density at radius 1 is 1.21 bits per heavy atom. The van der Waals surface area contributed by atoms with E-state index in [4.69, 9.17) is 5.73 Å². The summed E-state index contributed by atoms with van der Waals surface area (Å²) in [7, 11) is 0. The van der Waals surface area contributed by atoms with Gasteiger partial charge in [0, 0.05) is 11.6 Å². The molecule has 9 heteroatoms. The molecular formula is C20H23N5O3S. The smallest absolute Gasteiger partial charge is 0.259 e. The van der Waals surface area contributed by atoms with E-state index >= 15 is 0 Å². The predicted molar refractivity (Wildman–Crippen MR) is 112 cm³/mol. The third-order valence-corrected chi connectivity index (χ3v) is 6.20. The zero-order valence-corrected chi connectivity index (χ0v) is 16.8. The van der Waals surface area contributed by atoms with Gasteiger partial charge in [0.1, 0.15) is 11.9 Å². The molecule has 0 spiro atoms. The Morgan fingerprint density at radius 3 is 2.72 bits per heavy atom. The van der Waals surface area contributed by atoms with Crippen LogP contribution in [0.25, 0.3) is 0 Å². The molecule has 0 saturated heterocycles. The first-order valence-electron chi connectivity index (χ1n) is 9.83. The fraction of sp³-hybridized carbons (Fsp3) is 0.450. The minimum atomic E-state index is -0.792. The minimum Gasteiger partial charge on any atom is -0.369 e. The molecule has 2 heterocycles. The first-order chi connectivity index (χ1) is 14.0. The molecule has 1 saturated carbocycles. The van der Waals surface area contributed by atoms with Gasteiger partial charge in [-0.25, -0.2) is 9.89 Å². The van der Waals surface area contributed by atoms with E-state index in [9.17, 15) is 14.4 Å². The van der Waals surface area contributed by atoms with Crippen LogP contribution in [0.4, 0.5) is 5.69 Å². The highest BCUT2D eigenvalue weighted by Crippen LogP contribution is 2.34. The number of rotatable bonds is 5. The Labute approximate surface area is 173 Å². The average Bonchev–Trinajstić information content (AvgIpc) is 3.03. The first-order valence-corrected chi connectivity index (χ1v) is 10.8. The molecule has 1 aromatic rings. The van der Waals surface area contributed by atoms with Crippen molar-refractivity contribution in [1.29, 1.82) is 0 Å². The van der Waals surface area contributed by atoms with Crippen LogP contribution in [0.5, 0.6) is 0 Å². The van der Waals surface area contributed by atoms with Crippen molar-refractivity contribution in [2.24, 2.45) is 15.7 Å². The molecule has 1 fully saturated rings. The van der Waals surface area contributed by atoms with Crippen LogP contribution in [0.3, 0.4) is 0 Å². The Morgan fingerprint density at radius 2 is 1.97 bits per heavy atom. The number of benzene rings is 1. The number of nitrogens with zero attached hydrogens (tertiary/aromatic N) is 3. The third-order valence-electron chi connectivity index (χ3n) is 5.24. The van der Waals surface area contributed by atoms with Crippen LogP contribution in [-0.4, -0.2) is 51.5 Å². The molecular weight excluding hydrogens is 390 g/mol. The predicted octanol–water partition coefficient (Wildman–Crippen LogP) is 1.70. The van der Waals surface area contributed by atoms with Crippen molar-refractivity contribution in [2.45, 2.75) is 50.6 Å². The molecule has 3 amide bonds. The van der Waals surface area contributed by atoms with Gasteiger partial charge in [0.25, 0.3) is 5.91 Å². The number of nitrogens with two attached hydrogens (primary N) is 1. The number of amidine groups is 2. The number of carbonyl (C=O) groups excluding carboxylic acids is 3. The Kier molecular flexibility index (Phi) is 5.66. The zero-order chi connectivity index (χ0) is 20.4. The van der Waals surface area contributed by atoms with E-state index in [0.29, 0.717) is 16.7 Å². The second kappa shape index (κ2) is 8.36. The van der Waals surface area contributed by atoms with Crippen molar-refractivity contribution in [1.82, 2.24) is 10.2 Å². The van der Waals surface area contributed by atoms with E-state index in [1.165, 1.54) is 11.3 Å². The zero-order valence-electron chi connectivity index (χ0n) is 16.0. The van der Waals surface area contributed by atoms with Gasteiger partial charge in [-0.1, -0.05) is 43.2 Å². The fourth-order valence-corrected chi connectivity index (χ4v) is 4.62. The summed E-state index contributed by atoms with van der Waals surface area (Å²) in [5.74, 6) is -0.474. The van der Waals surface area contributed by atoms with E-state index < -0.39 is 11.9 Å². The lowest BCUT2D eigenvalue weighted by Crippen LogP contribution is -2.43. The quantitative estimate of drug-likeness (QED) is 0.764. The maximum absolute atomic E-state index is 13.1. The van der Waals surface area contributed by atoms with Crippen LogP contribution in [-0.2, 0) is 14.4 Å². The van der Waals surface area contributed by atoms with E-state index in [-0.39, 0.29) is 30.0 Å². The number of thioether (sulfide) groups is 1. The van der Waals surface area contributed by atoms with Crippen LogP contribution in [0.2, 0.25) is 0 Å². The molecule has 3 aliphatic rings. The minimum absolute atomic E-state index is 0.00485. The highest BCUT2D eigenvalue weighted by atomic mass is 32.2. The number of aliphatic imine (C=N–C) groups is 2. The summed E-state index contributed by atoms with van der Waals surface area (Å²) in [4.78, 5) is 47.3. The average molecular weight is 414 g/mol. The Bertz CT molecular complexity index is 907. The lowest BCUT2D eigenvalue weighted by Gasteiger charge is -2.25. The van der Waals surface area contributed by atoms with Gasteiger partial charge in [-0.3, -0.25) is 19.4 Å². The molecule has 0 radical (unpaired) electrons. The largest absolute Gasteiger partial charge is 0.369 e. The summed E-state index contributed by atoms with van der Waals surface area (Å²) in [6.45, 7) is 0. The molecule has 1 aromatic carbocycles. The van der Waals surface area contributed by atoms with Crippen LogP contribution in [0.1, 0.15) is 44.1 Å². The van der Waals surface area contributed by atoms with E-state index in [0.717, 1.165) is 43.0 Å². The molecule has 0 bridgehead atoms. The van der Waals surface area contributed by atoms with E-state index in [1.807, 2.05) is 24.3 Å². The van der Waals surface area contributed by atoms with Gasteiger partial charge in [-0.2, -0.15) is 0 Å². The maximum atomic E-state index is 13.1. The molecule has 4 rings (SSSR count). The summed E-state index contributed by atoms with van der Waals surface area (Å²) < 4.78 is 0. The first kappa shape index (κ1) is 19.6. The summed E-state index contributed by atoms with van der Waals surface area (Å²) in [6.07, 6.45) is 5.43. The number of hydrogen-bond donors (Lipinski definition) is 2. The molecule has 0 unspecified atom stereocenters. The highest BCUT2D eigenvalue weighted by Gasteiger charge is 2.42. The molecule has 1 aliphatic carbocycles. The second-order valence-electron chi connectivity index (χ2n) is 7.42. The van der Waals surface area contributed by atoms with Gasteiger partial charge in [-0.05, 0) is 25.0 Å². The van der Waals surface area contributed by atoms with Crippen LogP contribution in [0.15, 0.2) is 34.3 Å². The lowest BCUT2D eigenvalue weighted by molar-refractivity contribution is -0.129. The van der Waals surface area contributed by atoms with Gasteiger partial charge in [0.05, 0.1) is 17.9 Å². The second-order valence-corrected chi connectivity index (χ2v) is 8.36. The number of para-hydroxylation sites is 1. The molecule has 3 N–H and O–H groups in total. The summed E-state index contributed by atoms with van der Waals surface area (Å²) >= 11 is 1.10. The third kappa shape index (κ3) is 4.19. The number of fused-ring (bicyclic) bond motifs is 3. The SMILES string of the molecule is NC(=O)CSC1=Nc2ccccc2C2=N[C@@H](CC(=O)NC3CCCCC3)C(=O)N12. The number of nitrogens with one attached hydrogen (secondary N) is 1. The van der Waals surface area contributed by atoms with Crippen LogP contribution >= 0.6 is 11.8 Å². The van der Waals surface area contributed by atoms with Crippen molar-refractivity contribution in [3.63, 3.8) is 0 Å². The van der Waals surface area contributed by atoms with Crippen molar-refractivity contribution >= 4 is 46.2 Å². The molecule has 0 aromatic heterocycles. The molecule has 152 valence electrons. The normalized spacial score (nSPS) is 21.2. The van der Waals surface area contributed by atoms with Crippen LogP contribution in [0, 0.1) is 0 Å². The lowest BCUT2D eigenvalue weighted by atomic mass is 9.95. The van der Waals surface area contributed by atoms with Gasteiger partial charge in [0.2, 0.25) is 11.8 Å². The van der Waals surface area contributed by atoms with Gasteiger partial charge in [-0.15, -0.1) is 0 Å². The van der Waals surface area contributed by atoms with Gasteiger partial charge in [0.15, 0.2) is 5.17 Å². The van der Waals surface area contributed by atoms with Crippen molar-refractivity contribution in [3.05, 3.63) is 29.8 Å². The Hall–Kier alpha value is -2.68. The van der Waals surface area contributed by atoms with Gasteiger partial charge < -0.3 is 11.1 Å². The van der Waals surface area contributed by atoms with Crippen LogP contribution < -0.4 is 11.1 Å².